The van der Waals surface area contributed by atoms with Gasteiger partial charge in [-0.2, -0.15) is 0 Å². The maximum absolute atomic E-state index is 11.0. The molecule has 1 heterocycles. The Bertz CT molecular complexity index is 665. The third-order valence-electron chi connectivity index (χ3n) is 2.90. The van der Waals surface area contributed by atoms with Gasteiger partial charge in [-0.3, -0.25) is 0 Å². The molecule has 7 heteroatoms. The Morgan fingerprint density at radius 2 is 2.11 bits per heavy atom. The lowest BCUT2D eigenvalue weighted by molar-refractivity contribution is 0.0683. The van der Waals surface area contributed by atoms with Crippen LogP contribution in [0.1, 0.15) is 35.2 Å². The first-order valence-electron chi connectivity index (χ1n) is 5.72. The first-order valence-corrected chi connectivity index (χ1v) is 6.47. The second-order valence-electron chi connectivity index (χ2n) is 4.38. The van der Waals surface area contributed by atoms with E-state index in [4.69, 9.17) is 28.3 Å². The molecule has 98 valence electrons. The summed E-state index contributed by atoms with van der Waals surface area (Å²) in [6.07, 6.45) is 1.96. The van der Waals surface area contributed by atoms with Gasteiger partial charge in [0.1, 0.15) is 5.82 Å². The van der Waals surface area contributed by atoms with E-state index in [-0.39, 0.29) is 11.7 Å². The lowest BCUT2D eigenvalue weighted by Crippen LogP contribution is -2.04. The highest BCUT2D eigenvalue weighted by Crippen LogP contribution is 2.40. The maximum atomic E-state index is 11.0. The SMILES string of the molecule is O=C(O)c1nc(C2CC2)n(-c2cc(Cl)ccc2Cl)n1. The first-order chi connectivity index (χ1) is 9.06. The average Bonchev–Trinajstić information content (AvgIpc) is 3.11. The summed E-state index contributed by atoms with van der Waals surface area (Å²) in [5.41, 5.74) is 0.552. The van der Waals surface area contributed by atoms with Gasteiger partial charge in [0.2, 0.25) is 0 Å². The number of nitrogens with zero attached hydrogens (tertiary/aromatic N) is 3. The molecule has 5 nitrogen and oxygen atoms in total. The smallest absolute Gasteiger partial charge is 0.375 e. The van der Waals surface area contributed by atoms with Crippen molar-refractivity contribution in [3.8, 4) is 5.69 Å². The van der Waals surface area contributed by atoms with Crippen molar-refractivity contribution in [3.05, 3.63) is 39.9 Å². The van der Waals surface area contributed by atoms with Gasteiger partial charge in [-0.15, -0.1) is 5.10 Å². The van der Waals surface area contributed by atoms with Crippen molar-refractivity contribution < 1.29 is 9.90 Å². The van der Waals surface area contributed by atoms with Crippen LogP contribution in [0.25, 0.3) is 5.69 Å². The summed E-state index contributed by atoms with van der Waals surface area (Å²) < 4.78 is 1.48. The molecule has 0 atom stereocenters. The summed E-state index contributed by atoms with van der Waals surface area (Å²) in [7, 11) is 0. The number of halogens is 2. The third-order valence-corrected chi connectivity index (χ3v) is 3.46. The zero-order valence-electron chi connectivity index (χ0n) is 9.68. The molecule has 0 bridgehead atoms. The van der Waals surface area contributed by atoms with Crippen molar-refractivity contribution in [1.82, 2.24) is 14.8 Å². The number of hydrogen-bond acceptors (Lipinski definition) is 3. The van der Waals surface area contributed by atoms with Gasteiger partial charge >= 0.3 is 5.97 Å². The van der Waals surface area contributed by atoms with Crippen LogP contribution in [-0.4, -0.2) is 25.8 Å². The van der Waals surface area contributed by atoms with Gasteiger partial charge in [-0.25, -0.2) is 14.5 Å². The summed E-state index contributed by atoms with van der Waals surface area (Å²) in [6, 6.07) is 4.97. The molecule has 0 radical (unpaired) electrons. The standard InChI is InChI=1S/C12H9Cl2N3O2/c13-7-3-4-8(14)9(5-7)17-11(6-1-2-6)15-10(16-17)12(18)19/h3-6H,1-2H2,(H,18,19). The van der Waals surface area contributed by atoms with Crippen LogP contribution in [0, 0.1) is 0 Å². The van der Waals surface area contributed by atoms with Gasteiger partial charge in [0.25, 0.3) is 5.82 Å². The molecule has 1 aliphatic carbocycles. The molecule has 0 unspecified atom stereocenters. The Kier molecular flexibility index (Phi) is 2.95. The van der Waals surface area contributed by atoms with Crippen LogP contribution in [0.3, 0.4) is 0 Å². The minimum Gasteiger partial charge on any atom is -0.475 e. The Balaban J connectivity index is 2.17. The summed E-state index contributed by atoms with van der Waals surface area (Å²) in [6.45, 7) is 0. The Morgan fingerprint density at radius 1 is 1.37 bits per heavy atom. The van der Waals surface area contributed by atoms with Gasteiger partial charge in [-0.05, 0) is 31.0 Å². The second-order valence-corrected chi connectivity index (χ2v) is 5.22. The molecule has 1 N–H and O–H groups in total. The molecule has 0 spiro atoms. The van der Waals surface area contributed by atoms with E-state index in [1.807, 2.05) is 0 Å². The van der Waals surface area contributed by atoms with E-state index in [0.29, 0.717) is 21.6 Å². The fourth-order valence-electron chi connectivity index (χ4n) is 1.85. The highest BCUT2D eigenvalue weighted by molar-refractivity contribution is 6.34. The molecule has 1 aliphatic rings. The molecule has 0 amide bonds. The molecule has 1 aromatic heterocycles. The lowest BCUT2D eigenvalue weighted by Gasteiger charge is -2.07. The van der Waals surface area contributed by atoms with Gasteiger partial charge in [0.15, 0.2) is 0 Å². The number of carboxylic acid groups (broad SMARTS) is 1. The van der Waals surface area contributed by atoms with Crippen molar-refractivity contribution in [1.29, 1.82) is 0 Å². The summed E-state index contributed by atoms with van der Waals surface area (Å²) >= 11 is 12.1. The molecule has 0 saturated heterocycles. The Labute approximate surface area is 118 Å². The quantitative estimate of drug-likeness (QED) is 0.945. The molecule has 2 aromatic rings. The van der Waals surface area contributed by atoms with Gasteiger partial charge < -0.3 is 5.11 Å². The topological polar surface area (TPSA) is 68.0 Å². The Hall–Kier alpha value is -1.59. The van der Waals surface area contributed by atoms with Gasteiger partial charge in [0, 0.05) is 10.9 Å². The number of carboxylic acids is 1. The number of benzene rings is 1. The predicted molar refractivity (Wildman–Crippen MR) is 70.3 cm³/mol. The monoisotopic (exact) mass is 297 g/mol. The molecule has 0 aliphatic heterocycles. The summed E-state index contributed by atoms with van der Waals surface area (Å²) in [4.78, 5) is 15.1. The van der Waals surface area contributed by atoms with E-state index in [0.717, 1.165) is 12.8 Å². The first kappa shape index (κ1) is 12.4. The average molecular weight is 298 g/mol. The van der Waals surface area contributed by atoms with Crippen molar-refractivity contribution in [2.24, 2.45) is 0 Å². The number of aromatic nitrogens is 3. The van der Waals surface area contributed by atoms with Crippen LogP contribution >= 0.6 is 23.2 Å². The minimum absolute atomic E-state index is 0.224. The molecular weight excluding hydrogens is 289 g/mol. The van der Waals surface area contributed by atoms with Crippen LogP contribution in [-0.2, 0) is 0 Å². The van der Waals surface area contributed by atoms with Crippen LogP contribution in [0.15, 0.2) is 18.2 Å². The van der Waals surface area contributed by atoms with E-state index < -0.39 is 5.97 Å². The van der Waals surface area contributed by atoms with E-state index >= 15 is 0 Å². The van der Waals surface area contributed by atoms with Crippen LogP contribution in [0.4, 0.5) is 0 Å². The molecule has 1 saturated carbocycles. The van der Waals surface area contributed by atoms with Crippen molar-refractivity contribution >= 4 is 29.2 Å². The summed E-state index contributed by atoms with van der Waals surface area (Å²) in [5.74, 6) is -0.506. The van der Waals surface area contributed by atoms with Crippen LogP contribution in [0.5, 0.6) is 0 Å². The molecule has 1 fully saturated rings. The normalized spacial score (nSPS) is 14.6. The lowest BCUT2D eigenvalue weighted by atomic mass is 10.3. The highest BCUT2D eigenvalue weighted by Gasteiger charge is 2.32. The highest BCUT2D eigenvalue weighted by atomic mass is 35.5. The number of aromatic carboxylic acids is 1. The van der Waals surface area contributed by atoms with E-state index in [9.17, 15) is 4.79 Å². The second kappa shape index (κ2) is 4.51. The zero-order valence-corrected chi connectivity index (χ0v) is 11.2. The van der Waals surface area contributed by atoms with E-state index in [1.54, 1.807) is 18.2 Å². The van der Waals surface area contributed by atoms with Crippen molar-refractivity contribution in [3.63, 3.8) is 0 Å². The fourth-order valence-corrected chi connectivity index (χ4v) is 2.21. The van der Waals surface area contributed by atoms with Crippen LogP contribution < -0.4 is 0 Å². The Morgan fingerprint density at radius 3 is 2.74 bits per heavy atom. The largest absolute Gasteiger partial charge is 0.475 e. The summed E-state index contributed by atoms with van der Waals surface area (Å²) in [5, 5.41) is 14.0. The predicted octanol–water partition coefficient (Wildman–Crippen LogP) is 3.15. The molecule has 19 heavy (non-hydrogen) atoms. The van der Waals surface area contributed by atoms with E-state index in [1.165, 1.54) is 4.68 Å². The maximum Gasteiger partial charge on any atom is 0.375 e. The zero-order chi connectivity index (χ0) is 13.6. The molecule has 3 rings (SSSR count). The number of carbonyl (C=O) groups is 1. The van der Waals surface area contributed by atoms with Gasteiger partial charge in [-0.1, -0.05) is 23.2 Å². The molecular formula is C12H9Cl2N3O2. The van der Waals surface area contributed by atoms with Crippen LogP contribution in [0.2, 0.25) is 10.0 Å². The third kappa shape index (κ3) is 2.31. The van der Waals surface area contributed by atoms with Crippen molar-refractivity contribution in [2.75, 3.05) is 0 Å². The minimum atomic E-state index is -1.15. The van der Waals surface area contributed by atoms with Gasteiger partial charge in [0.05, 0.1) is 10.7 Å². The molecule has 1 aromatic carbocycles. The fraction of sp³-hybridized carbons (Fsp3) is 0.250. The number of rotatable bonds is 3. The van der Waals surface area contributed by atoms with E-state index in [2.05, 4.69) is 10.1 Å². The van der Waals surface area contributed by atoms with Crippen molar-refractivity contribution in [2.45, 2.75) is 18.8 Å². The number of hydrogen-bond donors (Lipinski definition) is 1.